The average molecular weight is 523 g/mol. The average Bonchev–Trinajstić information content (AvgIpc) is 3.24. The number of aromatic nitrogens is 3. The molecular weight excluding hydrogens is 504 g/mol. The summed E-state index contributed by atoms with van der Waals surface area (Å²) >= 11 is 1.09. The number of rotatable bonds is 5. The number of anilines is 1. The third-order valence-corrected chi connectivity index (χ3v) is 7.47. The Morgan fingerprint density at radius 2 is 1.71 bits per heavy atom. The summed E-state index contributed by atoms with van der Waals surface area (Å²) in [5, 5.41) is 12.7. The fourth-order valence-corrected chi connectivity index (χ4v) is 5.60. The lowest BCUT2D eigenvalue weighted by atomic mass is 10.2. The minimum absolute atomic E-state index is 0.0852. The molecule has 0 spiro atoms. The summed E-state index contributed by atoms with van der Waals surface area (Å²) in [5.41, 5.74) is 8.57. The Hall–Kier alpha value is -3.24. The Bertz CT molecular complexity index is 1700. The fourth-order valence-electron chi connectivity index (χ4n) is 3.32. The molecule has 0 saturated carbocycles. The van der Waals surface area contributed by atoms with Crippen LogP contribution in [0, 0.1) is 20.8 Å². The first-order chi connectivity index (χ1) is 15.8. The van der Waals surface area contributed by atoms with Crippen LogP contribution in [0.4, 0.5) is 16.6 Å². The minimum Gasteiger partial charge on any atom is -0.382 e. The summed E-state index contributed by atoms with van der Waals surface area (Å²) in [6.07, 6.45) is 0. The second-order valence-corrected chi connectivity index (χ2v) is 11.3. The second kappa shape index (κ2) is 8.21. The number of benzene rings is 2. The molecule has 4 N–H and O–H groups in total. The highest BCUT2D eigenvalue weighted by atomic mass is 32.2. The third-order valence-electron chi connectivity index (χ3n) is 4.86. The van der Waals surface area contributed by atoms with E-state index >= 15 is 0 Å². The van der Waals surface area contributed by atoms with Crippen LogP contribution < -0.4 is 5.73 Å². The first-order valence-corrected chi connectivity index (χ1v) is 13.2. The molecule has 0 aliphatic heterocycles. The number of hydrogen-bond acceptors (Lipinski definition) is 10. The topological polar surface area (TPSA) is 190 Å². The van der Waals surface area contributed by atoms with Gasteiger partial charge >= 0.3 is 0 Å². The number of fused-ring (bicyclic) bond motifs is 1. The molecular formula is C19H18N6O6S3. The SMILES string of the molecule is Cc1cc(S(=O)(=O)O)c2nc(N=Nc3c(C)nn(-c4ccc(S(=O)(=O)O)cc4C)c3N)sc2c1. The van der Waals surface area contributed by atoms with E-state index in [2.05, 4.69) is 20.3 Å². The van der Waals surface area contributed by atoms with Crippen molar-refractivity contribution in [1.82, 2.24) is 14.8 Å². The van der Waals surface area contributed by atoms with E-state index in [1.54, 1.807) is 26.8 Å². The predicted molar refractivity (Wildman–Crippen MR) is 126 cm³/mol. The van der Waals surface area contributed by atoms with Crippen molar-refractivity contribution in [2.24, 2.45) is 10.2 Å². The van der Waals surface area contributed by atoms with Crippen molar-refractivity contribution in [3.63, 3.8) is 0 Å². The Labute approximate surface area is 198 Å². The van der Waals surface area contributed by atoms with E-state index in [4.69, 9.17) is 5.73 Å². The fraction of sp³-hybridized carbons (Fsp3) is 0.158. The van der Waals surface area contributed by atoms with E-state index in [9.17, 15) is 25.9 Å². The van der Waals surface area contributed by atoms with Gasteiger partial charge in [-0.2, -0.15) is 21.9 Å². The van der Waals surface area contributed by atoms with Gasteiger partial charge < -0.3 is 5.73 Å². The highest BCUT2D eigenvalue weighted by molar-refractivity contribution is 7.86. The molecule has 34 heavy (non-hydrogen) atoms. The lowest BCUT2D eigenvalue weighted by molar-refractivity contribution is 0.481. The first-order valence-electron chi connectivity index (χ1n) is 9.49. The molecule has 0 atom stereocenters. The van der Waals surface area contributed by atoms with E-state index in [0.29, 0.717) is 27.2 Å². The molecule has 0 saturated heterocycles. The van der Waals surface area contributed by atoms with Crippen LogP contribution in [0.3, 0.4) is 0 Å². The molecule has 0 aliphatic rings. The molecule has 0 amide bonds. The molecule has 15 heteroatoms. The maximum Gasteiger partial charge on any atom is 0.296 e. The molecule has 0 radical (unpaired) electrons. The predicted octanol–water partition coefficient (Wildman–Crippen LogP) is 3.90. The number of azo groups is 1. The Morgan fingerprint density at radius 1 is 1.00 bits per heavy atom. The molecule has 12 nitrogen and oxygen atoms in total. The number of thiazole rings is 1. The molecule has 0 bridgehead atoms. The van der Waals surface area contributed by atoms with Gasteiger partial charge in [0.05, 0.1) is 21.0 Å². The Morgan fingerprint density at radius 3 is 2.32 bits per heavy atom. The smallest absolute Gasteiger partial charge is 0.296 e. The number of nitrogens with two attached hydrogens (primary N) is 1. The number of nitrogen functional groups attached to an aromatic ring is 1. The van der Waals surface area contributed by atoms with Crippen molar-refractivity contribution in [2.45, 2.75) is 30.6 Å². The van der Waals surface area contributed by atoms with Crippen molar-refractivity contribution in [3.05, 3.63) is 47.2 Å². The molecule has 4 rings (SSSR count). The third kappa shape index (κ3) is 4.43. The van der Waals surface area contributed by atoms with Crippen LogP contribution in [0.15, 0.2) is 50.4 Å². The van der Waals surface area contributed by atoms with Gasteiger partial charge in [-0.15, -0.1) is 10.2 Å². The second-order valence-electron chi connectivity index (χ2n) is 7.44. The molecule has 0 unspecified atom stereocenters. The maximum atomic E-state index is 11.7. The largest absolute Gasteiger partial charge is 0.382 e. The lowest BCUT2D eigenvalue weighted by Crippen LogP contribution is -2.05. The molecule has 2 heterocycles. The van der Waals surface area contributed by atoms with Gasteiger partial charge in [0.25, 0.3) is 20.2 Å². The minimum atomic E-state index is -4.48. The Kier molecular flexibility index (Phi) is 5.77. The van der Waals surface area contributed by atoms with Crippen molar-refractivity contribution in [2.75, 3.05) is 5.73 Å². The van der Waals surface area contributed by atoms with Crippen molar-refractivity contribution < 1.29 is 25.9 Å². The van der Waals surface area contributed by atoms with Gasteiger partial charge in [-0.05, 0) is 62.2 Å². The quantitative estimate of drug-likeness (QED) is 0.258. The zero-order valence-electron chi connectivity index (χ0n) is 18.0. The van der Waals surface area contributed by atoms with Gasteiger partial charge in [0, 0.05) is 0 Å². The summed E-state index contributed by atoms with van der Waals surface area (Å²) in [4.78, 5) is 3.61. The van der Waals surface area contributed by atoms with Gasteiger partial charge in [-0.3, -0.25) is 9.11 Å². The van der Waals surface area contributed by atoms with Crippen LogP contribution in [0.2, 0.25) is 0 Å². The van der Waals surface area contributed by atoms with Crippen LogP contribution in [0.5, 0.6) is 0 Å². The standard InChI is InChI=1S/C19H18N6O6S3/c1-9-6-14-17(15(7-9)34(29,30)31)21-19(32-14)23-22-16-11(3)24-25(18(16)20)13-5-4-12(8-10(13)2)33(26,27)28/h4-8H,20H2,1-3H3,(H,26,27,28)(H,29,30,31). The summed E-state index contributed by atoms with van der Waals surface area (Å²) in [5.74, 6) is 0.125. The van der Waals surface area contributed by atoms with Crippen LogP contribution in [-0.4, -0.2) is 40.7 Å². The molecule has 0 fully saturated rings. The van der Waals surface area contributed by atoms with Gasteiger partial charge in [-0.25, -0.2) is 9.67 Å². The van der Waals surface area contributed by atoms with E-state index in [1.165, 1.54) is 28.9 Å². The summed E-state index contributed by atoms with van der Waals surface area (Å²) in [6.45, 7) is 4.98. The molecule has 4 aromatic rings. The van der Waals surface area contributed by atoms with Crippen LogP contribution >= 0.6 is 11.3 Å². The first kappa shape index (κ1) is 23.9. The van der Waals surface area contributed by atoms with E-state index in [-0.39, 0.29) is 31.9 Å². The van der Waals surface area contributed by atoms with Gasteiger partial charge in [0.2, 0.25) is 5.13 Å². The Balaban J connectivity index is 1.74. The number of aryl methyl sites for hydroxylation is 3. The monoisotopic (exact) mass is 522 g/mol. The molecule has 2 aromatic heterocycles. The lowest BCUT2D eigenvalue weighted by Gasteiger charge is -2.09. The van der Waals surface area contributed by atoms with Crippen LogP contribution in [-0.2, 0) is 20.2 Å². The maximum absolute atomic E-state index is 11.7. The van der Waals surface area contributed by atoms with Crippen molar-refractivity contribution >= 4 is 58.4 Å². The van der Waals surface area contributed by atoms with Crippen molar-refractivity contribution in [3.8, 4) is 5.69 Å². The van der Waals surface area contributed by atoms with Gasteiger partial charge in [0.15, 0.2) is 11.5 Å². The van der Waals surface area contributed by atoms with Crippen LogP contribution in [0.25, 0.3) is 15.9 Å². The van der Waals surface area contributed by atoms with E-state index < -0.39 is 20.2 Å². The van der Waals surface area contributed by atoms with Crippen LogP contribution in [0.1, 0.15) is 16.8 Å². The number of hydrogen-bond donors (Lipinski definition) is 3. The zero-order valence-corrected chi connectivity index (χ0v) is 20.4. The summed E-state index contributed by atoms with van der Waals surface area (Å²) in [6, 6.07) is 7.01. The summed E-state index contributed by atoms with van der Waals surface area (Å²) < 4.78 is 66.8. The molecule has 0 aliphatic carbocycles. The number of nitrogens with zero attached hydrogens (tertiary/aromatic N) is 5. The van der Waals surface area contributed by atoms with Crippen molar-refractivity contribution in [1.29, 1.82) is 0 Å². The zero-order chi connectivity index (χ0) is 25.0. The van der Waals surface area contributed by atoms with E-state index in [0.717, 1.165) is 11.3 Å². The van der Waals surface area contributed by atoms with E-state index in [1.807, 2.05) is 0 Å². The van der Waals surface area contributed by atoms with Gasteiger partial charge in [0.1, 0.15) is 10.4 Å². The normalized spacial score (nSPS) is 12.7. The van der Waals surface area contributed by atoms with Gasteiger partial charge in [-0.1, -0.05) is 11.3 Å². The molecule has 2 aromatic carbocycles. The molecule has 178 valence electrons. The highest BCUT2D eigenvalue weighted by Crippen LogP contribution is 2.36. The highest BCUT2D eigenvalue weighted by Gasteiger charge is 2.20. The summed E-state index contributed by atoms with van der Waals surface area (Å²) in [7, 11) is -8.83.